The van der Waals surface area contributed by atoms with E-state index in [0.717, 1.165) is 35.4 Å². The van der Waals surface area contributed by atoms with Crippen molar-refractivity contribution in [3.8, 4) is 11.5 Å². The van der Waals surface area contributed by atoms with E-state index < -0.39 is 0 Å². The van der Waals surface area contributed by atoms with Crippen molar-refractivity contribution in [1.82, 2.24) is 5.32 Å². The summed E-state index contributed by atoms with van der Waals surface area (Å²) < 4.78 is 12.8. The van der Waals surface area contributed by atoms with Crippen LogP contribution in [0.5, 0.6) is 11.5 Å². The van der Waals surface area contributed by atoms with Crippen LogP contribution >= 0.6 is 15.9 Å². The van der Waals surface area contributed by atoms with E-state index in [-0.39, 0.29) is 6.10 Å². The third kappa shape index (κ3) is 4.00. The van der Waals surface area contributed by atoms with Gasteiger partial charge in [0, 0.05) is 6.54 Å². The van der Waals surface area contributed by atoms with Crippen LogP contribution in [0.25, 0.3) is 0 Å². The van der Waals surface area contributed by atoms with E-state index in [0.29, 0.717) is 6.61 Å². The van der Waals surface area contributed by atoms with Gasteiger partial charge in [-0.15, -0.1) is 0 Å². The number of ether oxygens (including phenoxy) is 2. The molecular weight excluding hydrogens is 318 g/mol. The Morgan fingerprint density at radius 3 is 2.90 bits per heavy atom. The monoisotopic (exact) mass is 339 g/mol. The number of rotatable bonds is 6. The largest absolute Gasteiger partial charge is 0.490 e. The van der Waals surface area contributed by atoms with Gasteiger partial charge in [-0.05, 0) is 72.9 Å². The second kappa shape index (κ2) is 7.70. The fourth-order valence-electron chi connectivity index (χ4n) is 2.34. The molecular formula is C16H22BrNO2. The van der Waals surface area contributed by atoms with E-state index in [1.165, 1.54) is 12.0 Å². The van der Waals surface area contributed by atoms with Gasteiger partial charge in [-0.1, -0.05) is 6.08 Å². The van der Waals surface area contributed by atoms with Crippen molar-refractivity contribution in [1.29, 1.82) is 0 Å². The summed E-state index contributed by atoms with van der Waals surface area (Å²) in [6.45, 7) is 3.43. The summed E-state index contributed by atoms with van der Waals surface area (Å²) in [5.74, 6) is 1.62. The Balaban J connectivity index is 2.24. The van der Waals surface area contributed by atoms with Crippen LogP contribution in [0.1, 0.15) is 31.7 Å². The molecule has 0 saturated heterocycles. The second-order valence-electron chi connectivity index (χ2n) is 4.88. The van der Waals surface area contributed by atoms with Crippen molar-refractivity contribution in [2.24, 2.45) is 0 Å². The summed E-state index contributed by atoms with van der Waals surface area (Å²) in [5, 5.41) is 3.15. The third-order valence-corrected chi connectivity index (χ3v) is 3.82. The van der Waals surface area contributed by atoms with Crippen molar-refractivity contribution in [3.05, 3.63) is 34.3 Å². The molecule has 1 aromatic carbocycles. The Labute approximate surface area is 129 Å². The van der Waals surface area contributed by atoms with Crippen LogP contribution < -0.4 is 14.8 Å². The van der Waals surface area contributed by atoms with Crippen LogP contribution in [0.15, 0.2) is 28.8 Å². The van der Waals surface area contributed by atoms with Gasteiger partial charge in [0.2, 0.25) is 0 Å². The van der Waals surface area contributed by atoms with Crippen molar-refractivity contribution < 1.29 is 9.47 Å². The lowest BCUT2D eigenvalue weighted by atomic mass is 10.1. The molecule has 0 aromatic heterocycles. The minimum Gasteiger partial charge on any atom is -0.490 e. The number of halogens is 1. The molecule has 1 unspecified atom stereocenters. The van der Waals surface area contributed by atoms with Crippen LogP contribution in [-0.2, 0) is 6.54 Å². The van der Waals surface area contributed by atoms with Gasteiger partial charge in [0.05, 0.1) is 11.1 Å². The Bertz CT molecular complexity index is 474. The quantitative estimate of drug-likeness (QED) is 0.793. The normalized spacial score (nSPS) is 18.1. The SMILES string of the molecule is CCOc1cc(CNC)cc(Br)c1OC1C=CCCC1. The van der Waals surface area contributed by atoms with Crippen LogP contribution in [0, 0.1) is 0 Å². The number of benzene rings is 1. The lowest BCUT2D eigenvalue weighted by Gasteiger charge is -2.22. The third-order valence-electron chi connectivity index (χ3n) is 3.23. The first-order valence-corrected chi connectivity index (χ1v) is 7.97. The molecule has 1 aromatic rings. The first-order valence-electron chi connectivity index (χ1n) is 7.17. The summed E-state index contributed by atoms with van der Waals surface area (Å²) in [5.41, 5.74) is 1.18. The van der Waals surface area contributed by atoms with Crippen molar-refractivity contribution in [2.45, 2.75) is 38.8 Å². The number of nitrogens with one attached hydrogen (secondary N) is 1. The molecule has 0 bridgehead atoms. The molecule has 0 radical (unpaired) electrons. The standard InChI is InChI=1S/C16H22BrNO2/c1-3-19-15-10-12(11-18-2)9-14(17)16(15)20-13-7-5-4-6-8-13/h5,7,9-10,13,18H,3-4,6,8,11H2,1-2H3. The van der Waals surface area contributed by atoms with E-state index in [4.69, 9.17) is 9.47 Å². The maximum Gasteiger partial charge on any atom is 0.176 e. The van der Waals surface area contributed by atoms with Gasteiger partial charge in [-0.2, -0.15) is 0 Å². The molecule has 0 amide bonds. The van der Waals surface area contributed by atoms with Crippen molar-refractivity contribution >= 4 is 15.9 Å². The predicted octanol–water partition coefficient (Wildman–Crippen LogP) is 4.05. The average Bonchev–Trinajstić information content (AvgIpc) is 2.44. The zero-order valence-corrected chi connectivity index (χ0v) is 13.7. The molecule has 110 valence electrons. The molecule has 1 aliphatic rings. The van der Waals surface area contributed by atoms with E-state index in [1.54, 1.807) is 0 Å². The summed E-state index contributed by atoms with van der Waals surface area (Å²) >= 11 is 3.61. The molecule has 0 saturated carbocycles. The van der Waals surface area contributed by atoms with Crippen LogP contribution in [-0.4, -0.2) is 19.8 Å². The summed E-state index contributed by atoms with van der Waals surface area (Å²) in [4.78, 5) is 0. The second-order valence-corrected chi connectivity index (χ2v) is 5.74. The maximum absolute atomic E-state index is 6.12. The zero-order chi connectivity index (χ0) is 14.4. The molecule has 2 rings (SSSR count). The van der Waals surface area contributed by atoms with E-state index in [9.17, 15) is 0 Å². The van der Waals surface area contributed by atoms with Gasteiger partial charge >= 0.3 is 0 Å². The van der Waals surface area contributed by atoms with Gasteiger partial charge in [-0.25, -0.2) is 0 Å². The van der Waals surface area contributed by atoms with Gasteiger partial charge in [0.1, 0.15) is 6.10 Å². The number of allylic oxidation sites excluding steroid dienone is 1. The van der Waals surface area contributed by atoms with E-state index in [2.05, 4.69) is 39.5 Å². The molecule has 1 aliphatic carbocycles. The number of hydrogen-bond acceptors (Lipinski definition) is 3. The lowest BCUT2D eigenvalue weighted by molar-refractivity contribution is 0.212. The lowest BCUT2D eigenvalue weighted by Crippen LogP contribution is -2.17. The molecule has 1 atom stereocenters. The molecule has 0 aliphatic heterocycles. The number of hydrogen-bond donors (Lipinski definition) is 1. The van der Waals surface area contributed by atoms with Crippen LogP contribution in [0.3, 0.4) is 0 Å². The molecule has 20 heavy (non-hydrogen) atoms. The Morgan fingerprint density at radius 1 is 1.40 bits per heavy atom. The minimum atomic E-state index is 0.148. The molecule has 1 N–H and O–H groups in total. The van der Waals surface area contributed by atoms with Gasteiger partial charge in [0.25, 0.3) is 0 Å². The van der Waals surface area contributed by atoms with E-state index >= 15 is 0 Å². The van der Waals surface area contributed by atoms with Gasteiger partial charge in [0.15, 0.2) is 11.5 Å². The smallest absolute Gasteiger partial charge is 0.176 e. The molecule has 0 spiro atoms. The minimum absolute atomic E-state index is 0.148. The maximum atomic E-state index is 6.12. The fraction of sp³-hybridized carbons (Fsp3) is 0.500. The summed E-state index contributed by atoms with van der Waals surface area (Å²) in [6, 6.07) is 4.13. The van der Waals surface area contributed by atoms with Crippen molar-refractivity contribution in [3.63, 3.8) is 0 Å². The highest BCUT2D eigenvalue weighted by atomic mass is 79.9. The van der Waals surface area contributed by atoms with Crippen LogP contribution in [0.4, 0.5) is 0 Å². The average molecular weight is 340 g/mol. The Hall–Kier alpha value is -1.00. The molecule has 3 nitrogen and oxygen atoms in total. The Kier molecular flexibility index (Phi) is 5.92. The molecule has 4 heteroatoms. The first kappa shape index (κ1) is 15.4. The molecule has 0 heterocycles. The summed E-state index contributed by atoms with van der Waals surface area (Å²) in [7, 11) is 1.94. The Morgan fingerprint density at radius 2 is 2.25 bits per heavy atom. The predicted molar refractivity (Wildman–Crippen MR) is 85.5 cm³/mol. The van der Waals surface area contributed by atoms with Gasteiger partial charge < -0.3 is 14.8 Å². The highest BCUT2D eigenvalue weighted by Crippen LogP contribution is 2.38. The fourth-order valence-corrected chi connectivity index (χ4v) is 2.92. The van der Waals surface area contributed by atoms with E-state index in [1.807, 2.05) is 20.0 Å². The highest BCUT2D eigenvalue weighted by Gasteiger charge is 2.17. The zero-order valence-electron chi connectivity index (χ0n) is 12.1. The summed E-state index contributed by atoms with van der Waals surface area (Å²) in [6.07, 6.45) is 7.88. The molecule has 0 fully saturated rings. The highest BCUT2D eigenvalue weighted by molar-refractivity contribution is 9.10. The van der Waals surface area contributed by atoms with Gasteiger partial charge in [-0.3, -0.25) is 0 Å². The van der Waals surface area contributed by atoms with Crippen molar-refractivity contribution in [2.75, 3.05) is 13.7 Å². The topological polar surface area (TPSA) is 30.5 Å². The van der Waals surface area contributed by atoms with Crippen LogP contribution in [0.2, 0.25) is 0 Å². The first-order chi connectivity index (χ1) is 9.74.